The molecule has 0 fully saturated rings. The Morgan fingerprint density at radius 2 is 2.00 bits per heavy atom. The molecule has 0 bridgehead atoms. The molecule has 3 rings (SSSR count). The normalized spacial score (nSPS) is 12.4. The van der Waals surface area contributed by atoms with Crippen LogP contribution in [0.15, 0.2) is 48.2 Å². The van der Waals surface area contributed by atoms with Crippen LogP contribution in [0, 0.1) is 0 Å². The number of carbonyl (C=O) groups excluding carboxylic acids is 1. The van der Waals surface area contributed by atoms with Gasteiger partial charge in [-0.05, 0) is 48.8 Å². The summed E-state index contributed by atoms with van der Waals surface area (Å²) < 4.78 is 0. The molecule has 128 valence electrons. The number of benzene rings is 1. The smallest absolute Gasteiger partial charge is 0.207 e. The average Bonchev–Trinajstić information content (AvgIpc) is 3.04. The van der Waals surface area contributed by atoms with Gasteiger partial charge in [-0.2, -0.15) is 0 Å². The second-order valence-corrected chi connectivity index (χ2v) is 7.43. The first-order valence-corrected chi connectivity index (χ1v) is 9.11. The van der Waals surface area contributed by atoms with Crippen LogP contribution < -0.4 is 0 Å². The standard InChI is InChI=1S/C18H15Cl2N3OS/c1-23(2)16(11-4-3-5-13(19)6-11)12-7-15(25-9-12)17(24)14-8-21-10-22-18(14)20/h3-10,16H,1-2H3. The quantitative estimate of drug-likeness (QED) is 0.465. The van der Waals surface area contributed by atoms with E-state index in [9.17, 15) is 4.79 Å². The van der Waals surface area contributed by atoms with Gasteiger partial charge in [-0.25, -0.2) is 9.97 Å². The minimum Gasteiger partial charge on any atom is -0.299 e. The Hall–Kier alpha value is -1.79. The van der Waals surface area contributed by atoms with Gasteiger partial charge in [0.15, 0.2) is 0 Å². The van der Waals surface area contributed by atoms with Crippen LogP contribution in [0.1, 0.15) is 32.4 Å². The Bertz CT molecular complexity index is 911. The zero-order valence-corrected chi connectivity index (χ0v) is 15.9. The van der Waals surface area contributed by atoms with Gasteiger partial charge in [0, 0.05) is 11.2 Å². The van der Waals surface area contributed by atoms with E-state index in [1.807, 2.05) is 49.8 Å². The molecule has 2 heterocycles. The fraction of sp³-hybridized carbons (Fsp3) is 0.167. The third-order valence-electron chi connectivity index (χ3n) is 3.75. The Morgan fingerprint density at radius 1 is 1.20 bits per heavy atom. The summed E-state index contributed by atoms with van der Waals surface area (Å²) in [7, 11) is 3.99. The second-order valence-electron chi connectivity index (χ2n) is 5.72. The Kier molecular flexibility index (Phi) is 5.49. The van der Waals surface area contributed by atoms with Crippen molar-refractivity contribution in [1.82, 2.24) is 14.9 Å². The number of carbonyl (C=O) groups is 1. The maximum Gasteiger partial charge on any atom is 0.207 e. The summed E-state index contributed by atoms with van der Waals surface area (Å²) in [6.07, 6.45) is 2.76. The highest BCUT2D eigenvalue weighted by Gasteiger charge is 2.22. The minimum atomic E-state index is -0.176. The van der Waals surface area contributed by atoms with E-state index in [1.165, 1.54) is 23.9 Å². The maximum atomic E-state index is 12.7. The fourth-order valence-electron chi connectivity index (χ4n) is 2.68. The van der Waals surface area contributed by atoms with Gasteiger partial charge in [0.2, 0.25) is 5.78 Å². The summed E-state index contributed by atoms with van der Waals surface area (Å²) in [5.41, 5.74) is 2.39. The molecule has 0 radical (unpaired) electrons. The molecule has 0 aliphatic carbocycles. The number of hydrogen-bond donors (Lipinski definition) is 0. The largest absolute Gasteiger partial charge is 0.299 e. The van der Waals surface area contributed by atoms with Crippen LogP contribution in [-0.2, 0) is 0 Å². The van der Waals surface area contributed by atoms with Crippen molar-refractivity contribution in [2.75, 3.05) is 14.1 Å². The molecule has 4 nitrogen and oxygen atoms in total. The van der Waals surface area contributed by atoms with E-state index >= 15 is 0 Å². The van der Waals surface area contributed by atoms with E-state index in [2.05, 4.69) is 14.9 Å². The van der Waals surface area contributed by atoms with E-state index in [4.69, 9.17) is 23.2 Å². The molecule has 1 unspecified atom stereocenters. The van der Waals surface area contributed by atoms with E-state index in [0.717, 1.165) is 11.1 Å². The first-order valence-electron chi connectivity index (χ1n) is 7.48. The molecular weight excluding hydrogens is 377 g/mol. The first-order chi connectivity index (χ1) is 12.0. The van der Waals surface area contributed by atoms with Gasteiger partial charge in [-0.1, -0.05) is 35.3 Å². The van der Waals surface area contributed by atoms with Crippen molar-refractivity contribution in [2.24, 2.45) is 0 Å². The first kappa shape index (κ1) is 18.0. The molecule has 1 atom stereocenters. The van der Waals surface area contributed by atoms with E-state index in [-0.39, 0.29) is 17.0 Å². The van der Waals surface area contributed by atoms with Crippen LogP contribution in [0.5, 0.6) is 0 Å². The molecule has 0 saturated heterocycles. The Morgan fingerprint density at radius 3 is 2.68 bits per heavy atom. The van der Waals surface area contributed by atoms with Crippen LogP contribution in [0.25, 0.3) is 0 Å². The van der Waals surface area contributed by atoms with Crippen LogP contribution in [-0.4, -0.2) is 34.7 Å². The van der Waals surface area contributed by atoms with Gasteiger partial charge in [-0.15, -0.1) is 11.3 Å². The van der Waals surface area contributed by atoms with Gasteiger partial charge in [-0.3, -0.25) is 9.69 Å². The van der Waals surface area contributed by atoms with Crippen molar-refractivity contribution in [3.8, 4) is 0 Å². The van der Waals surface area contributed by atoms with Crippen LogP contribution >= 0.6 is 34.5 Å². The average molecular weight is 392 g/mol. The van der Waals surface area contributed by atoms with Crippen LogP contribution in [0.4, 0.5) is 0 Å². The van der Waals surface area contributed by atoms with Crippen molar-refractivity contribution in [3.05, 3.63) is 80.0 Å². The molecular formula is C18H15Cl2N3OS. The maximum absolute atomic E-state index is 12.7. The van der Waals surface area contributed by atoms with Crippen molar-refractivity contribution >= 4 is 40.3 Å². The van der Waals surface area contributed by atoms with Crippen LogP contribution in [0.3, 0.4) is 0 Å². The van der Waals surface area contributed by atoms with E-state index < -0.39 is 0 Å². The van der Waals surface area contributed by atoms with Gasteiger partial charge < -0.3 is 0 Å². The lowest BCUT2D eigenvalue weighted by Gasteiger charge is -2.24. The fourth-order valence-corrected chi connectivity index (χ4v) is 3.94. The van der Waals surface area contributed by atoms with Crippen molar-refractivity contribution in [3.63, 3.8) is 0 Å². The summed E-state index contributed by atoms with van der Waals surface area (Å²) in [6.45, 7) is 0. The zero-order chi connectivity index (χ0) is 18.0. The molecule has 0 spiro atoms. The number of rotatable bonds is 5. The summed E-state index contributed by atoms with van der Waals surface area (Å²) in [4.78, 5) is 23.1. The molecule has 0 aliphatic heterocycles. The highest BCUT2D eigenvalue weighted by atomic mass is 35.5. The van der Waals surface area contributed by atoms with Gasteiger partial charge >= 0.3 is 0 Å². The molecule has 7 heteroatoms. The monoisotopic (exact) mass is 391 g/mol. The van der Waals surface area contributed by atoms with Gasteiger partial charge in [0.25, 0.3) is 0 Å². The third kappa shape index (κ3) is 3.90. The SMILES string of the molecule is CN(C)C(c1cccc(Cl)c1)c1csc(C(=O)c2cncnc2Cl)c1. The summed E-state index contributed by atoms with van der Waals surface area (Å²) >= 11 is 13.5. The van der Waals surface area contributed by atoms with Crippen molar-refractivity contribution in [2.45, 2.75) is 6.04 Å². The number of ketones is 1. The predicted molar refractivity (Wildman–Crippen MR) is 102 cm³/mol. The molecule has 2 aromatic heterocycles. The van der Waals surface area contributed by atoms with Crippen molar-refractivity contribution < 1.29 is 4.79 Å². The highest BCUT2D eigenvalue weighted by Crippen LogP contribution is 2.32. The number of thiophene rings is 1. The highest BCUT2D eigenvalue weighted by molar-refractivity contribution is 7.12. The predicted octanol–water partition coefficient (Wildman–Crippen LogP) is 4.73. The molecule has 25 heavy (non-hydrogen) atoms. The van der Waals surface area contributed by atoms with Crippen LogP contribution in [0.2, 0.25) is 10.2 Å². The Labute approximate surface area is 160 Å². The topological polar surface area (TPSA) is 46.1 Å². The number of aromatic nitrogens is 2. The summed E-state index contributed by atoms with van der Waals surface area (Å²) in [5.74, 6) is -0.176. The minimum absolute atomic E-state index is 0.000930. The van der Waals surface area contributed by atoms with E-state index in [0.29, 0.717) is 15.5 Å². The lowest BCUT2D eigenvalue weighted by atomic mass is 9.99. The molecule has 1 aromatic carbocycles. The molecule has 0 amide bonds. The van der Waals surface area contributed by atoms with Gasteiger partial charge in [0.1, 0.15) is 11.5 Å². The van der Waals surface area contributed by atoms with Gasteiger partial charge in [0.05, 0.1) is 16.5 Å². The lowest BCUT2D eigenvalue weighted by Crippen LogP contribution is -2.20. The molecule has 0 saturated carbocycles. The zero-order valence-electron chi connectivity index (χ0n) is 13.6. The van der Waals surface area contributed by atoms with E-state index in [1.54, 1.807) is 0 Å². The summed E-state index contributed by atoms with van der Waals surface area (Å²) in [5, 5.41) is 2.83. The molecule has 3 aromatic rings. The summed E-state index contributed by atoms with van der Waals surface area (Å²) in [6, 6.07) is 9.62. The number of hydrogen-bond acceptors (Lipinski definition) is 5. The third-order valence-corrected chi connectivity index (χ3v) is 5.23. The van der Waals surface area contributed by atoms with Crippen molar-refractivity contribution in [1.29, 1.82) is 0 Å². The Balaban J connectivity index is 1.96. The lowest BCUT2D eigenvalue weighted by molar-refractivity contribution is 0.104. The number of halogens is 2. The number of nitrogens with zero attached hydrogens (tertiary/aromatic N) is 3. The molecule has 0 aliphatic rings. The molecule has 0 N–H and O–H groups in total. The second kappa shape index (κ2) is 7.62.